The lowest BCUT2D eigenvalue weighted by atomic mass is 9.87. The van der Waals surface area contributed by atoms with Crippen LogP contribution in [-0.4, -0.2) is 45.6 Å². The lowest BCUT2D eigenvalue weighted by Gasteiger charge is -2.28. The number of carbonyl (C=O) groups is 3. The van der Waals surface area contributed by atoms with Gasteiger partial charge in [-0.25, -0.2) is 9.86 Å². The van der Waals surface area contributed by atoms with Crippen LogP contribution in [0.15, 0.2) is 48.7 Å². The van der Waals surface area contributed by atoms with E-state index in [0.717, 1.165) is 31.8 Å². The summed E-state index contributed by atoms with van der Waals surface area (Å²) in [6, 6.07) is 11.4. The van der Waals surface area contributed by atoms with Gasteiger partial charge in [0.2, 0.25) is 6.41 Å². The molecular formula is C26H36IN4O5+. The smallest absolute Gasteiger partial charge is 0.350 e. The number of hydrogen-bond acceptors (Lipinski definition) is 5. The molecule has 2 aromatic rings. The Labute approximate surface area is 222 Å². The summed E-state index contributed by atoms with van der Waals surface area (Å²) in [5.74, 6) is -0.700. The minimum absolute atomic E-state index is 0.0912. The van der Waals surface area contributed by atoms with Crippen molar-refractivity contribution in [2.75, 3.05) is 11.9 Å². The van der Waals surface area contributed by atoms with Gasteiger partial charge in [-0.2, -0.15) is 5.32 Å². The summed E-state index contributed by atoms with van der Waals surface area (Å²) < 4.78 is 5.61. The normalized spacial score (nSPS) is 12.6. The molecule has 36 heavy (non-hydrogen) atoms. The van der Waals surface area contributed by atoms with E-state index >= 15 is 0 Å². The number of amides is 3. The molecule has 10 heteroatoms. The molecule has 2 atom stereocenters. The van der Waals surface area contributed by atoms with E-state index in [1.54, 1.807) is 12.1 Å². The number of carbonyl (C=O) groups excluding carboxylic acids is 3. The second kappa shape index (κ2) is 15.3. The van der Waals surface area contributed by atoms with Gasteiger partial charge < -0.3 is 10.5 Å². The summed E-state index contributed by atoms with van der Waals surface area (Å²) in [5.41, 5.74) is 0.908. The molecule has 0 aliphatic carbocycles. The maximum atomic E-state index is 13.6. The third-order valence-corrected chi connectivity index (χ3v) is 7.13. The number of halogens is 1. The summed E-state index contributed by atoms with van der Waals surface area (Å²) in [4.78, 5) is 43.6. The van der Waals surface area contributed by atoms with Crippen molar-refractivity contribution in [3.8, 4) is 0 Å². The number of Topliss-reactive ketones (excluding diaryl/α,β-unsaturated/α-hetero) is 1. The average molecular weight is 612 g/mol. The van der Waals surface area contributed by atoms with Crippen LogP contribution in [0.2, 0.25) is 0 Å². The predicted octanol–water partition coefficient (Wildman–Crippen LogP) is 3.90. The number of ketones is 1. The first-order valence-electron chi connectivity index (χ1n) is 11.9. The van der Waals surface area contributed by atoms with Gasteiger partial charge in [0, 0.05) is 12.0 Å². The largest absolute Gasteiger partial charge is 0.407 e. The Morgan fingerprint density at radius 3 is 2.53 bits per heavy atom. The summed E-state index contributed by atoms with van der Waals surface area (Å²) in [7, 11) is 0. The molecule has 3 amide bonds. The Kier molecular flexibility index (Phi) is 12.5. The van der Waals surface area contributed by atoms with Gasteiger partial charge in [0.1, 0.15) is 12.8 Å². The predicted molar refractivity (Wildman–Crippen MR) is 146 cm³/mol. The monoisotopic (exact) mass is 611 g/mol. The van der Waals surface area contributed by atoms with Crippen LogP contribution in [0.5, 0.6) is 0 Å². The molecule has 0 radical (unpaired) electrons. The minimum Gasteiger partial charge on any atom is -0.350 e. The van der Waals surface area contributed by atoms with E-state index in [4.69, 9.17) is 4.84 Å². The van der Waals surface area contributed by atoms with E-state index in [9.17, 15) is 19.6 Å². The van der Waals surface area contributed by atoms with Crippen molar-refractivity contribution >= 4 is 49.3 Å². The van der Waals surface area contributed by atoms with Crippen molar-refractivity contribution in [1.29, 1.82) is 0 Å². The van der Waals surface area contributed by atoms with E-state index in [-0.39, 0.29) is 30.7 Å². The SMILES string of the molecule is C=Ic1ccc(NC(=O)N[C@H](C(=O)[C@H](CCCC)CN(C=O)OCc2ccccc2)C(C)C)[n+](O)c1. The zero-order valence-electron chi connectivity index (χ0n) is 21.0. The molecule has 1 aromatic heterocycles. The first kappa shape index (κ1) is 29.4. The number of pyridine rings is 1. The molecule has 0 spiro atoms. The number of hydrogen-bond donors (Lipinski definition) is 3. The van der Waals surface area contributed by atoms with E-state index in [1.165, 1.54) is 6.20 Å². The van der Waals surface area contributed by atoms with Crippen LogP contribution in [-0.2, 0) is 21.0 Å². The summed E-state index contributed by atoms with van der Waals surface area (Å²) in [6.07, 6.45) is 4.33. The first-order valence-corrected chi connectivity index (χ1v) is 14.5. The van der Waals surface area contributed by atoms with Crippen LogP contribution in [0.25, 0.3) is 0 Å². The highest BCUT2D eigenvalue weighted by atomic mass is 127. The molecule has 1 heterocycles. The second-order valence-electron chi connectivity index (χ2n) is 8.74. The number of hydroxylamine groups is 2. The van der Waals surface area contributed by atoms with Crippen LogP contribution in [0.4, 0.5) is 10.6 Å². The molecule has 0 unspecified atom stereocenters. The molecule has 0 fully saturated rings. The number of nitrogens with zero attached hydrogens (tertiary/aromatic N) is 2. The van der Waals surface area contributed by atoms with Gasteiger partial charge in [0.05, 0.1) is 16.2 Å². The Morgan fingerprint density at radius 1 is 1.22 bits per heavy atom. The standard InChI is InChI=1S/C26H35IN4O5/c1-5-6-12-21(15-30(18-32)36-17-20-10-8-7-9-11-20)25(33)24(19(2)3)29-26(34)28-23-14-13-22(27-4)16-31(23)35/h7-11,13-14,16,18-19,21,24,35H,4-6,12,15,17H2,1-3H3,(H,29,34)/p+1/t21-,24+/m1/s1. The van der Waals surface area contributed by atoms with E-state index in [0.29, 0.717) is 12.8 Å². The number of nitrogens with one attached hydrogen (secondary N) is 2. The summed E-state index contributed by atoms with van der Waals surface area (Å²) in [5, 5.41) is 16.6. The van der Waals surface area contributed by atoms with Crippen molar-refractivity contribution in [2.24, 2.45) is 11.8 Å². The number of urea groups is 1. The fraction of sp³-hybridized carbons (Fsp3) is 0.423. The molecule has 2 rings (SSSR count). The zero-order chi connectivity index (χ0) is 26.5. The highest BCUT2D eigenvalue weighted by molar-refractivity contribution is 14.2. The molecule has 196 valence electrons. The molecule has 0 aliphatic rings. The van der Waals surface area contributed by atoms with E-state index in [2.05, 4.69) is 15.1 Å². The van der Waals surface area contributed by atoms with Gasteiger partial charge in [-0.15, -0.1) is 0 Å². The maximum absolute atomic E-state index is 13.6. The number of aromatic nitrogens is 1. The maximum Gasteiger partial charge on any atom is 0.407 e. The van der Waals surface area contributed by atoms with Gasteiger partial charge in [-0.1, -0.05) is 93.9 Å². The zero-order valence-corrected chi connectivity index (χ0v) is 23.2. The van der Waals surface area contributed by atoms with E-state index in [1.807, 2.05) is 51.1 Å². The summed E-state index contributed by atoms with van der Waals surface area (Å²) in [6.45, 7) is 6.03. The molecule has 0 saturated carbocycles. The van der Waals surface area contributed by atoms with Crippen LogP contribution >= 0.6 is 20.7 Å². The molecule has 3 N–H and O–H groups in total. The van der Waals surface area contributed by atoms with E-state index < -0.39 is 38.7 Å². The van der Waals surface area contributed by atoms with Gasteiger partial charge in [0.15, 0.2) is 5.78 Å². The number of anilines is 1. The van der Waals surface area contributed by atoms with Crippen LogP contribution in [0.3, 0.4) is 0 Å². The van der Waals surface area contributed by atoms with Gasteiger partial charge in [0.25, 0.3) is 0 Å². The van der Waals surface area contributed by atoms with Crippen molar-refractivity contribution in [3.63, 3.8) is 0 Å². The number of benzene rings is 1. The van der Waals surface area contributed by atoms with Gasteiger partial charge >= 0.3 is 11.8 Å². The first-order chi connectivity index (χ1) is 17.3. The number of unbranched alkanes of at least 4 members (excludes halogenated alkanes) is 1. The van der Waals surface area contributed by atoms with Crippen LogP contribution < -0.4 is 15.4 Å². The molecular weight excluding hydrogens is 575 g/mol. The third kappa shape index (κ3) is 9.30. The fourth-order valence-corrected chi connectivity index (χ4v) is 4.50. The fourth-order valence-electron chi connectivity index (χ4n) is 3.61. The Morgan fingerprint density at radius 2 is 1.94 bits per heavy atom. The summed E-state index contributed by atoms with van der Waals surface area (Å²) >= 11 is -0.455. The van der Waals surface area contributed by atoms with Crippen LogP contribution in [0.1, 0.15) is 45.6 Å². The second-order valence-corrected chi connectivity index (χ2v) is 10.7. The minimum atomic E-state index is -0.786. The molecule has 9 nitrogen and oxygen atoms in total. The Bertz CT molecular complexity index is 1020. The topological polar surface area (TPSA) is 112 Å². The van der Waals surface area contributed by atoms with Gasteiger partial charge in [-0.05, 0) is 24.0 Å². The van der Waals surface area contributed by atoms with Crippen molar-refractivity contribution < 1.29 is 29.2 Å². The Balaban J connectivity index is 2.09. The van der Waals surface area contributed by atoms with Crippen molar-refractivity contribution in [1.82, 2.24) is 10.4 Å². The quantitative estimate of drug-likeness (QED) is 0.0931. The molecule has 0 aliphatic heterocycles. The van der Waals surface area contributed by atoms with Crippen molar-refractivity contribution in [3.05, 3.63) is 57.8 Å². The average Bonchev–Trinajstić information content (AvgIpc) is 2.88. The molecule has 1 aromatic carbocycles. The van der Waals surface area contributed by atoms with Crippen LogP contribution in [0, 0.1) is 15.4 Å². The van der Waals surface area contributed by atoms with Gasteiger partial charge in [-0.3, -0.25) is 14.4 Å². The lowest BCUT2D eigenvalue weighted by Crippen LogP contribution is -2.51. The lowest BCUT2D eigenvalue weighted by molar-refractivity contribution is -0.893. The number of rotatable bonds is 15. The third-order valence-electron chi connectivity index (χ3n) is 5.61. The molecule has 0 saturated heterocycles. The van der Waals surface area contributed by atoms with Crippen molar-refractivity contribution in [2.45, 2.75) is 52.7 Å². The Hall–Kier alpha value is -2.86. The molecule has 0 bridgehead atoms. The highest BCUT2D eigenvalue weighted by Gasteiger charge is 2.33. The highest BCUT2D eigenvalue weighted by Crippen LogP contribution is 2.18.